The van der Waals surface area contributed by atoms with Gasteiger partial charge in [-0.3, -0.25) is 14.5 Å². The summed E-state index contributed by atoms with van der Waals surface area (Å²) in [5.74, 6) is 0.929. The normalized spacial score (nSPS) is 15.6. The molecule has 2 aromatic rings. The Morgan fingerprint density at radius 2 is 2.09 bits per heavy atom. The Morgan fingerprint density at radius 3 is 2.86 bits per heavy atom. The van der Waals surface area contributed by atoms with Crippen molar-refractivity contribution >= 4 is 11.7 Å². The second-order valence-corrected chi connectivity index (χ2v) is 5.86. The van der Waals surface area contributed by atoms with Crippen LogP contribution in [0.15, 0.2) is 36.7 Å². The lowest BCUT2D eigenvalue weighted by atomic mass is 9.89. The minimum Gasteiger partial charge on any atom is -0.309 e. The van der Waals surface area contributed by atoms with Gasteiger partial charge in [0.15, 0.2) is 5.82 Å². The Balaban J connectivity index is 1.51. The highest BCUT2D eigenvalue weighted by atomic mass is 16.2. The molecule has 0 unspecified atom stereocenters. The molecule has 22 heavy (non-hydrogen) atoms. The largest absolute Gasteiger partial charge is 0.309 e. The lowest BCUT2D eigenvalue weighted by Crippen LogP contribution is -2.25. The fourth-order valence-electron chi connectivity index (χ4n) is 2.92. The Kier molecular flexibility index (Phi) is 4.83. The van der Waals surface area contributed by atoms with Gasteiger partial charge in [-0.05, 0) is 25.0 Å². The minimum absolute atomic E-state index is 0.120. The number of nitrogens with one attached hydrogen (secondary N) is 1. The van der Waals surface area contributed by atoms with E-state index in [4.69, 9.17) is 0 Å². The number of rotatable bonds is 5. The number of hydrogen-bond acceptors (Lipinski definition) is 3. The number of carbonyl (C=O) groups excluding carboxylic acids is 1. The topological polar surface area (TPSA) is 59.8 Å². The van der Waals surface area contributed by atoms with Crippen molar-refractivity contribution in [3.63, 3.8) is 0 Å². The third-order valence-electron chi connectivity index (χ3n) is 4.19. The van der Waals surface area contributed by atoms with Crippen LogP contribution in [0.5, 0.6) is 0 Å². The summed E-state index contributed by atoms with van der Waals surface area (Å²) in [6.45, 7) is 0.760. The van der Waals surface area contributed by atoms with Crippen LogP contribution < -0.4 is 5.32 Å². The van der Waals surface area contributed by atoms with Crippen molar-refractivity contribution in [3.8, 4) is 0 Å². The van der Waals surface area contributed by atoms with E-state index in [1.54, 1.807) is 6.20 Å². The van der Waals surface area contributed by atoms with E-state index in [9.17, 15) is 4.79 Å². The van der Waals surface area contributed by atoms with Gasteiger partial charge >= 0.3 is 0 Å². The predicted molar refractivity (Wildman–Crippen MR) is 85.4 cm³/mol. The molecule has 1 N–H and O–H groups in total. The highest BCUT2D eigenvalue weighted by Crippen LogP contribution is 2.24. The summed E-state index contributed by atoms with van der Waals surface area (Å²) in [7, 11) is 0. The molecule has 116 valence electrons. The molecule has 0 bridgehead atoms. The van der Waals surface area contributed by atoms with E-state index in [1.807, 2.05) is 35.1 Å². The fourth-order valence-corrected chi connectivity index (χ4v) is 2.92. The van der Waals surface area contributed by atoms with Gasteiger partial charge < -0.3 is 5.32 Å². The molecule has 1 amide bonds. The number of nitrogens with zero attached hydrogens (tertiary/aromatic N) is 3. The van der Waals surface area contributed by atoms with Gasteiger partial charge in [-0.1, -0.05) is 25.3 Å². The number of pyridine rings is 1. The first-order chi connectivity index (χ1) is 10.8. The average molecular weight is 298 g/mol. The third-order valence-corrected chi connectivity index (χ3v) is 4.19. The Morgan fingerprint density at radius 1 is 1.23 bits per heavy atom. The molecule has 5 heteroatoms. The zero-order chi connectivity index (χ0) is 15.2. The van der Waals surface area contributed by atoms with Crippen LogP contribution in [-0.4, -0.2) is 20.7 Å². The van der Waals surface area contributed by atoms with Crippen molar-refractivity contribution in [1.82, 2.24) is 14.8 Å². The zero-order valence-electron chi connectivity index (χ0n) is 12.7. The number of hydrogen-bond donors (Lipinski definition) is 1. The fraction of sp³-hybridized carbons (Fsp3) is 0.471. The number of anilines is 1. The van der Waals surface area contributed by atoms with Gasteiger partial charge in [-0.15, -0.1) is 0 Å². The van der Waals surface area contributed by atoms with Crippen LogP contribution >= 0.6 is 0 Å². The summed E-state index contributed by atoms with van der Waals surface area (Å²) in [6.07, 6.45) is 10.1. The van der Waals surface area contributed by atoms with Crippen molar-refractivity contribution in [2.24, 2.45) is 5.92 Å². The number of aromatic nitrogens is 3. The lowest BCUT2D eigenvalue weighted by Gasteiger charge is -2.19. The molecule has 1 saturated carbocycles. The smallest absolute Gasteiger partial charge is 0.228 e. The molecule has 0 aliphatic heterocycles. The van der Waals surface area contributed by atoms with E-state index in [0.29, 0.717) is 5.82 Å². The first kappa shape index (κ1) is 14.8. The molecule has 1 aliphatic rings. The number of amides is 1. The van der Waals surface area contributed by atoms with Crippen LogP contribution in [0.1, 0.15) is 37.8 Å². The van der Waals surface area contributed by atoms with Gasteiger partial charge in [0.2, 0.25) is 5.91 Å². The molecule has 1 aliphatic carbocycles. The lowest BCUT2D eigenvalue weighted by molar-refractivity contribution is -0.120. The van der Waals surface area contributed by atoms with Crippen LogP contribution in [0.4, 0.5) is 5.82 Å². The molecule has 0 aromatic carbocycles. The first-order valence-corrected chi connectivity index (χ1v) is 8.05. The monoisotopic (exact) mass is 298 g/mol. The standard InChI is InChI=1S/C17H22N4O/c22-17(14-6-2-1-3-7-14)19-16-10-13-21(20-16)12-9-15-8-4-5-11-18-15/h4-5,8,10-11,13-14H,1-3,6-7,9,12H2,(H,19,20,22). The Bertz CT molecular complexity index is 602. The molecule has 3 rings (SSSR count). The molecule has 0 saturated heterocycles. The quantitative estimate of drug-likeness (QED) is 0.923. The number of aryl methyl sites for hydroxylation is 2. The van der Waals surface area contributed by atoms with Crippen LogP contribution in [0.3, 0.4) is 0 Å². The highest BCUT2D eigenvalue weighted by Gasteiger charge is 2.21. The molecule has 0 spiro atoms. The average Bonchev–Trinajstić information content (AvgIpc) is 3.02. The molecule has 5 nitrogen and oxygen atoms in total. The zero-order valence-corrected chi connectivity index (χ0v) is 12.7. The maximum atomic E-state index is 12.2. The van der Waals surface area contributed by atoms with Gasteiger partial charge in [-0.25, -0.2) is 0 Å². The maximum Gasteiger partial charge on any atom is 0.228 e. The van der Waals surface area contributed by atoms with E-state index >= 15 is 0 Å². The van der Waals surface area contributed by atoms with Crippen LogP contribution in [0.25, 0.3) is 0 Å². The van der Waals surface area contributed by atoms with Crippen LogP contribution in [0, 0.1) is 5.92 Å². The summed E-state index contributed by atoms with van der Waals surface area (Å²) in [5, 5.41) is 7.36. The Labute approximate surface area is 130 Å². The van der Waals surface area contributed by atoms with Gasteiger partial charge in [0, 0.05) is 43.0 Å². The molecular formula is C17H22N4O. The van der Waals surface area contributed by atoms with Gasteiger partial charge in [0.1, 0.15) is 0 Å². The summed E-state index contributed by atoms with van der Waals surface area (Å²) >= 11 is 0. The molecule has 0 atom stereocenters. The van der Waals surface area contributed by atoms with Crippen molar-refractivity contribution in [3.05, 3.63) is 42.4 Å². The van der Waals surface area contributed by atoms with E-state index in [1.165, 1.54) is 6.42 Å². The SMILES string of the molecule is O=C(Nc1ccn(CCc2ccccn2)n1)C1CCCCC1. The minimum atomic E-state index is 0.120. The summed E-state index contributed by atoms with van der Waals surface area (Å²) < 4.78 is 1.85. The third kappa shape index (κ3) is 3.93. The first-order valence-electron chi connectivity index (χ1n) is 8.05. The summed E-state index contributed by atoms with van der Waals surface area (Å²) in [4.78, 5) is 16.5. The predicted octanol–water partition coefficient (Wildman–Crippen LogP) is 3.04. The maximum absolute atomic E-state index is 12.2. The number of carbonyl (C=O) groups is 1. The molecular weight excluding hydrogens is 276 g/mol. The van der Waals surface area contributed by atoms with E-state index < -0.39 is 0 Å². The molecule has 0 radical (unpaired) electrons. The van der Waals surface area contributed by atoms with Gasteiger partial charge in [-0.2, -0.15) is 5.10 Å². The van der Waals surface area contributed by atoms with Gasteiger partial charge in [0.05, 0.1) is 0 Å². The second-order valence-electron chi connectivity index (χ2n) is 5.86. The van der Waals surface area contributed by atoms with E-state index in [2.05, 4.69) is 15.4 Å². The van der Waals surface area contributed by atoms with E-state index in [-0.39, 0.29) is 11.8 Å². The van der Waals surface area contributed by atoms with Crippen molar-refractivity contribution in [2.45, 2.75) is 45.1 Å². The van der Waals surface area contributed by atoms with Crippen LogP contribution in [0.2, 0.25) is 0 Å². The molecule has 1 fully saturated rings. The second kappa shape index (κ2) is 7.20. The molecule has 2 heterocycles. The van der Waals surface area contributed by atoms with Crippen molar-refractivity contribution in [2.75, 3.05) is 5.32 Å². The molecule has 2 aromatic heterocycles. The summed E-state index contributed by atoms with van der Waals surface area (Å²) in [6, 6.07) is 7.77. The van der Waals surface area contributed by atoms with Gasteiger partial charge in [0.25, 0.3) is 0 Å². The van der Waals surface area contributed by atoms with Crippen molar-refractivity contribution in [1.29, 1.82) is 0 Å². The van der Waals surface area contributed by atoms with Crippen molar-refractivity contribution < 1.29 is 4.79 Å². The highest BCUT2D eigenvalue weighted by molar-refractivity contribution is 5.91. The van der Waals surface area contributed by atoms with Crippen LogP contribution in [-0.2, 0) is 17.8 Å². The van der Waals surface area contributed by atoms with E-state index in [0.717, 1.165) is 44.3 Å². The Hall–Kier alpha value is -2.17. The summed E-state index contributed by atoms with van der Waals surface area (Å²) in [5.41, 5.74) is 1.05.